The minimum absolute atomic E-state index is 0.0159. The maximum atomic E-state index is 14.6. The van der Waals surface area contributed by atoms with E-state index in [0.717, 1.165) is 79.9 Å². The van der Waals surface area contributed by atoms with Crippen molar-refractivity contribution in [1.82, 2.24) is 10.1 Å². The van der Waals surface area contributed by atoms with E-state index in [1.54, 1.807) is 12.1 Å². The first kappa shape index (κ1) is 26.3. The number of nitrogens with zero attached hydrogens (tertiary/aromatic N) is 3. The molecule has 9 heteroatoms. The van der Waals surface area contributed by atoms with Crippen molar-refractivity contribution in [2.45, 2.75) is 94.2 Å². The molecule has 7 saturated carbocycles. The summed E-state index contributed by atoms with van der Waals surface area (Å²) in [5.74, 6) is 2.25. The highest BCUT2D eigenvalue weighted by Crippen LogP contribution is 2.70. The van der Waals surface area contributed by atoms with Gasteiger partial charge in [0.25, 0.3) is 0 Å². The van der Waals surface area contributed by atoms with Crippen LogP contribution >= 0.6 is 0 Å². The largest absolute Gasteiger partial charge is 0.435 e. The zero-order valence-corrected chi connectivity index (χ0v) is 23.5. The standard InChI is InChI=1S/C33H34F3N3O3/c34-29(35)41-25-8-6-21(7-9-25)23-2-1-3-24(16-23)39(28(40)32-17-33(36,18-32)19-32)20-30-10-13-31(14-11-30,15-12-30)27-37-26(38-42-27)22-4-5-22/h1-3,6-9,16,22,29H,4-5,10-15,17-20H2. The summed E-state index contributed by atoms with van der Waals surface area (Å²) in [4.78, 5) is 20.9. The SMILES string of the molecule is O=C(N(CC12CCC(c3nc(C4CC4)no3)(CC1)CC2)c1cccc(-c2ccc(OC(F)F)cc2)c1)C12CC(F)(C1)C2. The molecule has 7 fully saturated rings. The highest BCUT2D eigenvalue weighted by atomic mass is 19.3. The fraction of sp³-hybridized carbons (Fsp3) is 0.545. The van der Waals surface area contributed by atoms with Gasteiger partial charge in [-0.3, -0.25) is 4.79 Å². The van der Waals surface area contributed by atoms with Crippen LogP contribution in [0.25, 0.3) is 11.1 Å². The number of alkyl halides is 3. The van der Waals surface area contributed by atoms with Crippen LogP contribution in [0.15, 0.2) is 53.1 Å². The van der Waals surface area contributed by atoms with Crippen LogP contribution < -0.4 is 9.64 Å². The number of amides is 1. The first-order chi connectivity index (χ1) is 20.2. The van der Waals surface area contributed by atoms with E-state index < -0.39 is 17.7 Å². The molecule has 7 aliphatic carbocycles. The Morgan fingerprint density at radius 3 is 2.29 bits per heavy atom. The van der Waals surface area contributed by atoms with E-state index >= 15 is 0 Å². The van der Waals surface area contributed by atoms with Gasteiger partial charge in [0, 0.05) is 23.6 Å². The maximum Gasteiger partial charge on any atom is 0.387 e. The lowest BCUT2D eigenvalue weighted by Gasteiger charge is -2.65. The normalized spacial score (nSPS) is 32.8. The molecule has 0 unspecified atom stereocenters. The number of anilines is 1. The molecule has 1 heterocycles. The number of rotatable bonds is 9. The Kier molecular flexibility index (Phi) is 5.68. The zero-order valence-electron chi connectivity index (χ0n) is 23.5. The number of halogens is 3. The number of ether oxygens (including phenoxy) is 1. The van der Waals surface area contributed by atoms with Gasteiger partial charge in [-0.25, -0.2) is 4.39 Å². The lowest BCUT2D eigenvalue weighted by Crippen LogP contribution is -2.71. The average molecular weight is 578 g/mol. The summed E-state index contributed by atoms with van der Waals surface area (Å²) in [7, 11) is 0. The molecule has 0 spiro atoms. The molecule has 7 aliphatic rings. The molecule has 1 amide bonds. The Hall–Kier alpha value is -3.36. The van der Waals surface area contributed by atoms with Crippen LogP contribution in [0.4, 0.5) is 18.9 Å². The van der Waals surface area contributed by atoms with Crippen molar-refractivity contribution in [3.8, 4) is 16.9 Å². The number of fused-ring (bicyclic) bond motifs is 3. The second-order valence-electron chi connectivity index (χ2n) is 13.8. The van der Waals surface area contributed by atoms with Gasteiger partial charge in [-0.15, -0.1) is 0 Å². The van der Waals surface area contributed by atoms with Gasteiger partial charge in [-0.05, 0) is 111 Å². The van der Waals surface area contributed by atoms with E-state index in [1.165, 1.54) is 12.1 Å². The fourth-order valence-corrected chi connectivity index (χ4v) is 8.25. The number of aromatic nitrogens is 2. The van der Waals surface area contributed by atoms with Gasteiger partial charge in [0.1, 0.15) is 11.4 Å². The van der Waals surface area contributed by atoms with E-state index in [9.17, 15) is 18.0 Å². The van der Waals surface area contributed by atoms with Crippen molar-refractivity contribution >= 4 is 11.6 Å². The Morgan fingerprint density at radius 1 is 0.976 bits per heavy atom. The molecular formula is C33H34F3N3O3. The van der Waals surface area contributed by atoms with Crippen molar-refractivity contribution in [3.63, 3.8) is 0 Å². The Bertz CT molecular complexity index is 1490. The molecular weight excluding hydrogens is 543 g/mol. The maximum absolute atomic E-state index is 14.6. The lowest BCUT2D eigenvalue weighted by molar-refractivity contribution is -0.211. The van der Waals surface area contributed by atoms with Crippen LogP contribution in [-0.4, -0.2) is 34.9 Å². The smallest absolute Gasteiger partial charge is 0.387 e. The van der Waals surface area contributed by atoms with Crippen molar-refractivity contribution < 1.29 is 27.2 Å². The van der Waals surface area contributed by atoms with Crippen LogP contribution in [0.2, 0.25) is 0 Å². The molecule has 0 saturated heterocycles. The first-order valence-corrected chi connectivity index (χ1v) is 15.2. The molecule has 0 aliphatic heterocycles. The molecule has 0 atom stereocenters. The molecule has 2 aromatic carbocycles. The van der Waals surface area contributed by atoms with Gasteiger partial charge in [0.15, 0.2) is 5.82 Å². The van der Waals surface area contributed by atoms with Gasteiger partial charge in [-0.1, -0.05) is 29.4 Å². The molecule has 6 nitrogen and oxygen atoms in total. The Labute approximate surface area is 242 Å². The van der Waals surface area contributed by atoms with E-state index in [4.69, 9.17) is 9.51 Å². The first-order valence-electron chi connectivity index (χ1n) is 15.2. The molecule has 10 rings (SSSR count). The van der Waals surface area contributed by atoms with E-state index in [0.29, 0.717) is 31.7 Å². The monoisotopic (exact) mass is 577 g/mol. The summed E-state index contributed by atoms with van der Waals surface area (Å²) in [6.45, 7) is -2.28. The summed E-state index contributed by atoms with van der Waals surface area (Å²) in [5.41, 5.74) is 0.672. The Balaban J connectivity index is 1.05. The van der Waals surface area contributed by atoms with Crippen molar-refractivity contribution in [2.24, 2.45) is 10.8 Å². The fourth-order valence-electron chi connectivity index (χ4n) is 8.25. The minimum atomic E-state index is -2.88. The van der Waals surface area contributed by atoms with Gasteiger partial charge in [0.2, 0.25) is 11.8 Å². The molecule has 3 aromatic rings. The topological polar surface area (TPSA) is 68.5 Å². The number of carbonyl (C=O) groups is 1. The third kappa shape index (κ3) is 4.25. The Morgan fingerprint density at radius 2 is 1.67 bits per heavy atom. The minimum Gasteiger partial charge on any atom is -0.435 e. The summed E-state index contributed by atoms with van der Waals surface area (Å²) in [6.07, 6.45) is 9.06. The molecule has 220 valence electrons. The molecule has 1 aromatic heterocycles. The molecule has 42 heavy (non-hydrogen) atoms. The predicted molar refractivity (Wildman–Crippen MR) is 149 cm³/mol. The highest BCUT2D eigenvalue weighted by Gasteiger charge is 2.73. The third-order valence-corrected chi connectivity index (χ3v) is 11.0. The molecule has 0 N–H and O–H groups in total. The van der Waals surface area contributed by atoms with E-state index in [2.05, 4.69) is 9.89 Å². The quantitative estimate of drug-likeness (QED) is 0.260. The second-order valence-corrected chi connectivity index (χ2v) is 13.8. The van der Waals surface area contributed by atoms with Crippen LogP contribution in [0.3, 0.4) is 0 Å². The summed E-state index contributed by atoms with van der Waals surface area (Å²) in [5, 5.41) is 4.29. The lowest BCUT2D eigenvalue weighted by atomic mass is 9.41. The predicted octanol–water partition coefficient (Wildman–Crippen LogP) is 7.73. The van der Waals surface area contributed by atoms with E-state index in [-0.39, 0.29) is 22.5 Å². The van der Waals surface area contributed by atoms with Crippen LogP contribution in [0.5, 0.6) is 5.75 Å². The van der Waals surface area contributed by atoms with Crippen LogP contribution in [0.1, 0.15) is 88.3 Å². The second kappa shape index (κ2) is 9.07. The summed E-state index contributed by atoms with van der Waals surface area (Å²) in [6, 6.07) is 14.3. The highest BCUT2D eigenvalue weighted by molar-refractivity contribution is 6.00. The number of hydrogen-bond donors (Lipinski definition) is 0. The summed E-state index contributed by atoms with van der Waals surface area (Å²) < 4.78 is 50.1. The number of carbonyl (C=O) groups excluding carboxylic acids is 1. The van der Waals surface area contributed by atoms with Crippen molar-refractivity contribution in [1.29, 1.82) is 0 Å². The third-order valence-electron chi connectivity index (χ3n) is 11.0. The summed E-state index contributed by atoms with van der Waals surface area (Å²) >= 11 is 0. The zero-order chi connectivity index (χ0) is 28.7. The van der Waals surface area contributed by atoms with Crippen LogP contribution in [-0.2, 0) is 10.2 Å². The van der Waals surface area contributed by atoms with Gasteiger partial charge in [0.05, 0.1) is 5.41 Å². The average Bonchev–Trinajstić information content (AvgIpc) is 3.70. The van der Waals surface area contributed by atoms with Gasteiger partial charge >= 0.3 is 6.61 Å². The molecule has 0 radical (unpaired) electrons. The van der Waals surface area contributed by atoms with Crippen molar-refractivity contribution in [3.05, 3.63) is 60.2 Å². The van der Waals surface area contributed by atoms with Gasteiger partial charge < -0.3 is 14.2 Å². The van der Waals surface area contributed by atoms with E-state index in [1.807, 2.05) is 29.2 Å². The molecule has 4 bridgehead atoms. The van der Waals surface area contributed by atoms with Crippen molar-refractivity contribution in [2.75, 3.05) is 11.4 Å². The van der Waals surface area contributed by atoms with Crippen LogP contribution in [0, 0.1) is 10.8 Å². The number of benzene rings is 2. The van der Waals surface area contributed by atoms with Gasteiger partial charge in [-0.2, -0.15) is 13.8 Å². The number of hydrogen-bond acceptors (Lipinski definition) is 5.